The van der Waals surface area contributed by atoms with Gasteiger partial charge in [0, 0.05) is 17.6 Å². The van der Waals surface area contributed by atoms with E-state index in [0.717, 1.165) is 31.6 Å². The summed E-state index contributed by atoms with van der Waals surface area (Å²) in [7, 11) is 0. The van der Waals surface area contributed by atoms with Gasteiger partial charge in [0.25, 0.3) is 5.91 Å². The fourth-order valence-electron chi connectivity index (χ4n) is 2.48. The van der Waals surface area contributed by atoms with Gasteiger partial charge in [-0.3, -0.25) is 4.79 Å². The summed E-state index contributed by atoms with van der Waals surface area (Å²) < 4.78 is 5.56. The van der Waals surface area contributed by atoms with E-state index < -0.39 is 0 Å². The highest BCUT2D eigenvalue weighted by atomic mass is 16.5. The van der Waals surface area contributed by atoms with Gasteiger partial charge in [-0.2, -0.15) is 0 Å². The van der Waals surface area contributed by atoms with Crippen molar-refractivity contribution in [2.45, 2.75) is 45.2 Å². The summed E-state index contributed by atoms with van der Waals surface area (Å²) in [6.45, 7) is 5.86. The van der Waals surface area contributed by atoms with E-state index in [4.69, 9.17) is 4.74 Å². The number of hydrogen-bond acceptors (Lipinski definition) is 3. The molecule has 1 heterocycles. The van der Waals surface area contributed by atoms with Crippen molar-refractivity contribution in [2.24, 2.45) is 0 Å². The Morgan fingerprint density at radius 2 is 2.35 bits per heavy atom. The quantitative estimate of drug-likeness (QED) is 0.868. The van der Waals surface area contributed by atoms with Crippen molar-refractivity contribution < 1.29 is 9.53 Å². The predicted molar refractivity (Wildman–Crippen MR) is 80.2 cm³/mol. The van der Waals surface area contributed by atoms with Crippen molar-refractivity contribution in [3.63, 3.8) is 0 Å². The van der Waals surface area contributed by atoms with E-state index in [0.29, 0.717) is 18.2 Å². The second-order valence-corrected chi connectivity index (χ2v) is 5.43. The van der Waals surface area contributed by atoms with Crippen LogP contribution in [0.3, 0.4) is 0 Å². The van der Waals surface area contributed by atoms with Crippen LogP contribution in [0.25, 0.3) is 0 Å². The van der Waals surface area contributed by atoms with Crippen molar-refractivity contribution in [1.82, 2.24) is 10.6 Å². The fraction of sp³-hybridized carbons (Fsp3) is 0.562. The zero-order chi connectivity index (χ0) is 14.4. The van der Waals surface area contributed by atoms with Crippen molar-refractivity contribution >= 4 is 5.91 Å². The molecule has 0 aliphatic carbocycles. The van der Waals surface area contributed by atoms with Crippen LogP contribution >= 0.6 is 0 Å². The number of benzene rings is 1. The maximum Gasteiger partial charge on any atom is 0.251 e. The van der Waals surface area contributed by atoms with E-state index in [2.05, 4.69) is 24.5 Å². The molecule has 0 aromatic heterocycles. The van der Waals surface area contributed by atoms with Crippen LogP contribution in [0.2, 0.25) is 0 Å². The summed E-state index contributed by atoms with van der Waals surface area (Å²) in [6.07, 6.45) is 2.93. The molecule has 0 spiro atoms. The monoisotopic (exact) mass is 276 g/mol. The second kappa shape index (κ2) is 7.29. The average molecular weight is 276 g/mol. The van der Waals surface area contributed by atoms with Crippen LogP contribution in [-0.2, 0) is 0 Å². The summed E-state index contributed by atoms with van der Waals surface area (Å²) in [4.78, 5) is 12.3. The summed E-state index contributed by atoms with van der Waals surface area (Å²) >= 11 is 0. The van der Waals surface area contributed by atoms with Gasteiger partial charge in [-0.1, -0.05) is 13.0 Å². The Morgan fingerprint density at radius 1 is 1.50 bits per heavy atom. The first-order valence-corrected chi connectivity index (χ1v) is 7.46. The van der Waals surface area contributed by atoms with Crippen LogP contribution < -0.4 is 15.4 Å². The van der Waals surface area contributed by atoms with E-state index in [9.17, 15) is 4.79 Å². The molecule has 110 valence electrons. The molecule has 1 fully saturated rings. The van der Waals surface area contributed by atoms with Crippen LogP contribution in [0.15, 0.2) is 24.3 Å². The normalized spacial score (nSPS) is 22.3. The lowest BCUT2D eigenvalue weighted by atomic mass is 10.0. The maximum atomic E-state index is 12.3. The lowest BCUT2D eigenvalue weighted by Gasteiger charge is -2.28. The minimum atomic E-state index is -0.00829. The van der Waals surface area contributed by atoms with Crippen molar-refractivity contribution in [3.05, 3.63) is 29.8 Å². The molecule has 0 saturated carbocycles. The smallest absolute Gasteiger partial charge is 0.251 e. The zero-order valence-corrected chi connectivity index (χ0v) is 12.3. The van der Waals surface area contributed by atoms with Gasteiger partial charge in [0.15, 0.2) is 0 Å². The molecule has 2 rings (SSSR count). The molecule has 1 saturated heterocycles. The van der Waals surface area contributed by atoms with Crippen LogP contribution in [0.5, 0.6) is 5.75 Å². The molecule has 0 bridgehead atoms. The van der Waals surface area contributed by atoms with E-state index >= 15 is 0 Å². The van der Waals surface area contributed by atoms with Gasteiger partial charge in [0.1, 0.15) is 5.75 Å². The highest BCUT2D eigenvalue weighted by Crippen LogP contribution is 2.15. The SMILES string of the molecule is CCCOc1cccc(C(=O)NC2CCNC(C)C2)c1. The van der Waals surface area contributed by atoms with Crippen LogP contribution in [0.1, 0.15) is 43.5 Å². The molecule has 4 heteroatoms. The summed E-state index contributed by atoms with van der Waals surface area (Å²) in [5, 5.41) is 6.50. The summed E-state index contributed by atoms with van der Waals surface area (Å²) in [6, 6.07) is 8.13. The molecule has 1 aliphatic rings. The minimum absolute atomic E-state index is 0.00829. The highest BCUT2D eigenvalue weighted by Gasteiger charge is 2.20. The summed E-state index contributed by atoms with van der Waals surface area (Å²) in [5.74, 6) is 0.754. The van der Waals surface area contributed by atoms with Gasteiger partial charge in [0.2, 0.25) is 0 Å². The van der Waals surface area contributed by atoms with E-state index in [-0.39, 0.29) is 11.9 Å². The topological polar surface area (TPSA) is 50.4 Å². The van der Waals surface area contributed by atoms with Crippen molar-refractivity contribution in [3.8, 4) is 5.75 Å². The lowest BCUT2D eigenvalue weighted by molar-refractivity contribution is 0.0925. The molecule has 2 atom stereocenters. The Morgan fingerprint density at radius 3 is 3.10 bits per heavy atom. The third-order valence-electron chi connectivity index (χ3n) is 3.53. The molecule has 1 aromatic rings. The van der Waals surface area contributed by atoms with Crippen LogP contribution in [0, 0.1) is 0 Å². The lowest BCUT2D eigenvalue weighted by Crippen LogP contribution is -2.46. The highest BCUT2D eigenvalue weighted by molar-refractivity contribution is 5.94. The molecular weight excluding hydrogens is 252 g/mol. The molecule has 2 unspecified atom stereocenters. The Balaban J connectivity index is 1.94. The number of piperidine rings is 1. The molecule has 0 radical (unpaired) electrons. The van der Waals surface area contributed by atoms with Gasteiger partial charge in [-0.15, -0.1) is 0 Å². The largest absolute Gasteiger partial charge is 0.494 e. The zero-order valence-electron chi connectivity index (χ0n) is 12.3. The maximum absolute atomic E-state index is 12.3. The number of hydrogen-bond donors (Lipinski definition) is 2. The molecule has 1 amide bonds. The average Bonchev–Trinajstić information content (AvgIpc) is 2.45. The molecule has 4 nitrogen and oxygen atoms in total. The number of nitrogens with one attached hydrogen (secondary N) is 2. The molecular formula is C16H24N2O2. The van der Waals surface area contributed by atoms with Gasteiger partial charge in [0.05, 0.1) is 6.61 Å². The van der Waals surface area contributed by atoms with Gasteiger partial charge in [-0.25, -0.2) is 0 Å². The van der Waals surface area contributed by atoms with E-state index in [1.807, 2.05) is 24.3 Å². The number of amides is 1. The number of carbonyl (C=O) groups is 1. The van der Waals surface area contributed by atoms with E-state index in [1.165, 1.54) is 0 Å². The first-order valence-electron chi connectivity index (χ1n) is 7.46. The molecule has 1 aromatic carbocycles. The standard InChI is InChI=1S/C16H24N2O2/c1-3-9-20-15-6-4-5-13(11-15)16(19)18-14-7-8-17-12(2)10-14/h4-6,11-12,14,17H,3,7-10H2,1-2H3,(H,18,19). The molecule has 1 aliphatic heterocycles. The van der Waals surface area contributed by atoms with Crippen LogP contribution in [0.4, 0.5) is 0 Å². The minimum Gasteiger partial charge on any atom is -0.494 e. The van der Waals surface area contributed by atoms with Gasteiger partial charge < -0.3 is 15.4 Å². The number of ether oxygens (including phenoxy) is 1. The third kappa shape index (κ3) is 4.23. The second-order valence-electron chi connectivity index (χ2n) is 5.43. The fourth-order valence-corrected chi connectivity index (χ4v) is 2.48. The first kappa shape index (κ1) is 14.9. The van der Waals surface area contributed by atoms with Crippen LogP contribution in [-0.4, -0.2) is 31.1 Å². The van der Waals surface area contributed by atoms with Gasteiger partial charge in [-0.05, 0) is 50.9 Å². The Labute approximate surface area is 120 Å². The van der Waals surface area contributed by atoms with Gasteiger partial charge >= 0.3 is 0 Å². The predicted octanol–water partition coefficient (Wildman–Crippen LogP) is 2.35. The van der Waals surface area contributed by atoms with E-state index in [1.54, 1.807) is 0 Å². The van der Waals surface area contributed by atoms with Crippen molar-refractivity contribution in [1.29, 1.82) is 0 Å². The first-order chi connectivity index (χ1) is 9.69. The Kier molecular flexibility index (Phi) is 5.41. The summed E-state index contributed by atoms with van der Waals surface area (Å²) in [5.41, 5.74) is 0.671. The molecule has 20 heavy (non-hydrogen) atoms. The van der Waals surface area contributed by atoms with Crippen molar-refractivity contribution in [2.75, 3.05) is 13.2 Å². The number of carbonyl (C=O) groups excluding carboxylic acids is 1. The molecule has 2 N–H and O–H groups in total. The Hall–Kier alpha value is -1.55. The number of rotatable bonds is 5. The third-order valence-corrected chi connectivity index (χ3v) is 3.53. The Bertz CT molecular complexity index is 448.